The van der Waals surface area contributed by atoms with Crippen molar-refractivity contribution in [1.82, 2.24) is 10.2 Å². The van der Waals surface area contributed by atoms with Crippen LogP contribution in [0.3, 0.4) is 0 Å². The molecule has 38 heavy (non-hydrogen) atoms. The molecule has 1 unspecified atom stereocenters. The molecular formula is C30H42N2O5S. The first-order chi connectivity index (χ1) is 18.3. The molecule has 4 atom stereocenters. The predicted octanol–water partition coefficient (Wildman–Crippen LogP) is 6.01. The molecule has 0 aromatic heterocycles. The lowest BCUT2D eigenvalue weighted by Crippen LogP contribution is -2.62. The number of hydrogen-bond acceptors (Lipinski definition) is 6. The molecule has 8 heteroatoms. The van der Waals surface area contributed by atoms with Gasteiger partial charge in [0.25, 0.3) is 5.24 Å². The maximum absolute atomic E-state index is 13.0. The van der Waals surface area contributed by atoms with Gasteiger partial charge >= 0.3 is 0 Å². The highest BCUT2D eigenvalue weighted by Gasteiger charge is 2.53. The van der Waals surface area contributed by atoms with Gasteiger partial charge in [-0.2, -0.15) is 0 Å². The van der Waals surface area contributed by atoms with Crippen molar-refractivity contribution in [3.63, 3.8) is 0 Å². The summed E-state index contributed by atoms with van der Waals surface area (Å²) in [5.74, 6) is 0.192. The lowest BCUT2D eigenvalue weighted by atomic mass is 9.89. The minimum Gasteiger partial charge on any atom is -0.497 e. The first kappa shape index (κ1) is 30.0. The largest absolute Gasteiger partial charge is 0.497 e. The molecule has 0 spiro atoms. The molecule has 2 fully saturated rings. The first-order valence-corrected chi connectivity index (χ1v) is 14.3. The third-order valence-electron chi connectivity index (χ3n) is 7.19. The van der Waals surface area contributed by atoms with Gasteiger partial charge in [-0.25, -0.2) is 0 Å². The topological polar surface area (TPSA) is 77.1 Å². The van der Waals surface area contributed by atoms with Crippen LogP contribution in [0.25, 0.3) is 0 Å². The molecule has 2 saturated heterocycles. The zero-order valence-corrected chi connectivity index (χ0v) is 23.8. The molecular weight excluding hydrogens is 500 g/mol. The monoisotopic (exact) mass is 542 g/mol. The van der Waals surface area contributed by atoms with Gasteiger partial charge in [0.1, 0.15) is 5.75 Å². The van der Waals surface area contributed by atoms with E-state index in [0.29, 0.717) is 25.1 Å². The molecule has 7 nitrogen and oxygen atoms in total. The Morgan fingerprint density at radius 3 is 2.63 bits per heavy atom. The summed E-state index contributed by atoms with van der Waals surface area (Å²) in [6, 6.07) is 7.29. The fourth-order valence-electron chi connectivity index (χ4n) is 5.17. The van der Waals surface area contributed by atoms with E-state index in [-0.39, 0.29) is 29.3 Å². The highest BCUT2D eigenvalue weighted by Crippen LogP contribution is 2.42. The molecule has 2 heterocycles. The molecule has 0 saturated carbocycles. The van der Waals surface area contributed by atoms with Gasteiger partial charge in [-0.05, 0) is 63.1 Å². The number of rotatable bonds is 14. The average Bonchev–Trinajstić information content (AvgIpc) is 3.28. The number of carbonyl (C=O) groups is 2. The molecule has 208 valence electrons. The van der Waals surface area contributed by atoms with Crippen LogP contribution in [-0.2, 0) is 20.8 Å². The van der Waals surface area contributed by atoms with Crippen LogP contribution < -0.4 is 10.1 Å². The van der Waals surface area contributed by atoms with E-state index in [1.54, 1.807) is 20.3 Å². The molecule has 2 amide bonds. The summed E-state index contributed by atoms with van der Waals surface area (Å²) < 4.78 is 18.1. The smallest absolute Gasteiger partial charge is 0.282 e. The summed E-state index contributed by atoms with van der Waals surface area (Å²) in [6.45, 7) is 9.99. The Morgan fingerprint density at radius 2 is 1.97 bits per heavy atom. The van der Waals surface area contributed by atoms with E-state index in [1.807, 2.05) is 48.2 Å². The Kier molecular flexibility index (Phi) is 11.5. The van der Waals surface area contributed by atoms with E-state index in [2.05, 4.69) is 18.5 Å². The van der Waals surface area contributed by atoms with Gasteiger partial charge in [-0.1, -0.05) is 41.6 Å². The second kappa shape index (κ2) is 14.6. The van der Waals surface area contributed by atoms with Gasteiger partial charge in [0.15, 0.2) is 5.79 Å². The van der Waals surface area contributed by atoms with E-state index in [1.165, 1.54) is 11.8 Å². The average molecular weight is 543 g/mol. The quantitative estimate of drug-likeness (QED) is 0.176. The van der Waals surface area contributed by atoms with Crippen molar-refractivity contribution >= 4 is 22.9 Å². The number of amides is 2. The van der Waals surface area contributed by atoms with Crippen molar-refractivity contribution < 1.29 is 23.8 Å². The van der Waals surface area contributed by atoms with E-state index in [4.69, 9.17) is 14.2 Å². The molecule has 1 N–H and O–H groups in total. The van der Waals surface area contributed by atoms with E-state index in [0.717, 1.165) is 49.0 Å². The zero-order valence-electron chi connectivity index (χ0n) is 22.9. The lowest BCUT2D eigenvalue weighted by Gasteiger charge is -2.48. The molecule has 1 aromatic carbocycles. The fourth-order valence-corrected chi connectivity index (χ4v) is 6.26. The number of unbranched alkanes of at least 4 members (excludes halogenated alkanes) is 1. The third kappa shape index (κ3) is 7.98. The first-order valence-electron chi connectivity index (χ1n) is 13.3. The number of allylic oxidation sites excluding steroid dienone is 3. The van der Waals surface area contributed by atoms with Crippen molar-refractivity contribution in [2.24, 2.45) is 0 Å². The zero-order chi connectivity index (χ0) is 27.5. The maximum atomic E-state index is 13.0. The number of carbonyl (C=O) groups excluding carboxylic acids is 2. The van der Waals surface area contributed by atoms with Crippen LogP contribution in [0.2, 0.25) is 0 Å². The third-order valence-corrected chi connectivity index (χ3v) is 8.15. The van der Waals surface area contributed by atoms with Gasteiger partial charge in [0, 0.05) is 37.9 Å². The number of methoxy groups -OCH3 is 2. The second-order valence-corrected chi connectivity index (χ2v) is 11.0. The van der Waals surface area contributed by atoms with Crippen molar-refractivity contribution in [3.05, 3.63) is 66.8 Å². The molecule has 0 bridgehead atoms. The van der Waals surface area contributed by atoms with Crippen molar-refractivity contribution in [1.29, 1.82) is 0 Å². The van der Waals surface area contributed by atoms with E-state index in [9.17, 15) is 9.59 Å². The minimum absolute atomic E-state index is 0.000913. The van der Waals surface area contributed by atoms with Crippen LogP contribution in [0.5, 0.6) is 5.75 Å². The van der Waals surface area contributed by atoms with Gasteiger partial charge in [0.2, 0.25) is 5.91 Å². The maximum Gasteiger partial charge on any atom is 0.282 e. The summed E-state index contributed by atoms with van der Waals surface area (Å²) >= 11 is 1.29. The van der Waals surface area contributed by atoms with E-state index >= 15 is 0 Å². The Hall–Kier alpha value is -2.55. The lowest BCUT2D eigenvalue weighted by molar-refractivity contribution is -0.294. The molecule has 0 radical (unpaired) electrons. The van der Waals surface area contributed by atoms with Crippen LogP contribution >= 0.6 is 11.8 Å². The van der Waals surface area contributed by atoms with Crippen molar-refractivity contribution in [3.8, 4) is 5.75 Å². The predicted molar refractivity (Wildman–Crippen MR) is 153 cm³/mol. The molecule has 2 aliphatic heterocycles. The highest BCUT2D eigenvalue weighted by molar-refractivity contribution is 8.13. The number of hydrogen-bond donors (Lipinski definition) is 1. The van der Waals surface area contributed by atoms with Gasteiger partial charge in [-0.15, -0.1) is 13.2 Å². The summed E-state index contributed by atoms with van der Waals surface area (Å²) in [7, 11) is 3.27. The Labute approximate surface area is 231 Å². The molecule has 3 rings (SSSR count). The second-order valence-electron chi connectivity index (χ2n) is 10.0. The van der Waals surface area contributed by atoms with Crippen LogP contribution in [0, 0.1) is 0 Å². The standard InChI is InChI=1S/C30H42N2O5S/c1-6-8-10-12-26-18-24(31-28(33)17-22(3)11-9-7-2)19-30(36-5,37-26)27-21-38-29(34)32(27)20-23-13-15-25(35-4)16-14-23/h6-7,13-17,24,26-27H,1-2,8-12,18-21H2,3-5H3,(H,31,33)/t24-,26-,27?,30-/m1/s1. The minimum atomic E-state index is -1.03. The molecule has 0 aliphatic carbocycles. The van der Waals surface area contributed by atoms with Gasteiger partial charge in [0.05, 0.1) is 19.3 Å². The summed E-state index contributed by atoms with van der Waals surface area (Å²) in [6.07, 6.45) is 10.8. The summed E-state index contributed by atoms with van der Waals surface area (Å²) in [5, 5.41) is 3.20. The Morgan fingerprint density at radius 1 is 1.24 bits per heavy atom. The van der Waals surface area contributed by atoms with Crippen LogP contribution in [0.15, 0.2) is 61.2 Å². The van der Waals surface area contributed by atoms with Crippen LogP contribution in [0.4, 0.5) is 4.79 Å². The number of ether oxygens (including phenoxy) is 3. The van der Waals surface area contributed by atoms with Crippen molar-refractivity contribution in [2.75, 3.05) is 20.0 Å². The van der Waals surface area contributed by atoms with Gasteiger partial charge in [-0.3, -0.25) is 9.59 Å². The summed E-state index contributed by atoms with van der Waals surface area (Å²) in [4.78, 5) is 27.8. The number of nitrogens with one attached hydrogen (secondary N) is 1. The number of benzene rings is 1. The SMILES string of the molecule is C=CCCC[C@@H]1C[C@@H](NC(=O)C=C(C)CCC=C)C[C@](OC)(C2CSC(=O)N2Cc2ccc(OC)cc2)O1. The highest BCUT2D eigenvalue weighted by atomic mass is 32.2. The number of thioether (sulfide) groups is 1. The van der Waals surface area contributed by atoms with Crippen LogP contribution in [-0.4, -0.2) is 60.0 Å². The van der Waals surface area contributed by atoms with Crippen molar-refractivity contribution in [2.45, 2.75) is 82.4 Å². The molecule has 1 aromatic rings. The summed E-state index contributed by atoms with van der Waals surface area (Å²) in [5.41, 5.74) is 2.01. The Balaban J connectivity index is 1.82. The molecule has 2 aliphatic rings. The fraction of sp³-hybridized carbons (Fsp3) is 0.533. The van der Waals surface area contributed by atoms with Crippen LogP contribution in [0.1, 0.15) is 57.4 Å². The van der Waals surface area contributed by atoms with Gasteiger partial charge < -0.3 is 24.4 Å². The van der Waals surface area contributed by atoms with E-state index < -0.39 is 5.79 Å². The normalized spacial score (nSPS) is 25.8. The number of nitrogens with zero attached hydrogens (tertiary/aromatic N) is 1. The Bertz CT molecular complexity index is 995.